The van der Waals surface area contributed by atoms with E-state index in [4.69, 9.17) is 12.2 Å². The molecule has 3 rings (SSSR count). The van der Waals surface area contributed by atoms with Crippen molar-refractivity contribution in [2.24, 2.45) is 0 Å². The maximum atomic E-state index is 12.6. The van der Waals surface area contributed by atoms with E-state index in [-0.39, 0.29) is 12.2 Å². The Labute approximate surface area is 129 Å². The van der Waals surface area contributed by atoms with Crippen LogP contribution in [0.2, 0.25) is 0 Å². The van der Waals surface area contributed by atoms with Crippen LogP contribution in [0.3, 0.4) is 0 Å². The summed E-state index contributed by atoms with van der Waals surface area (Å²) in [5.74, 6) is 0.0700. The summed E-state index contributed by atoms with van der Waals surface area (Å²) in [5, 5.41) is 2.06. The molecule has 0 heterocycles. The molecule has 0 aromatic heterocycles. The predicted molar refractivity (Wildman–Crippen MR) is 91.0 cm³/mol. The molecule has 0 atom stereocenters. The highest BCUT2D eigenvalue weighted by atomic mass is 32.1. The number of fused-ring (bicyclic) bond motifs is 1. The largest absolute Gasteiger partial charge is 0.294 e. The Bertz CT molecular complexity index is 801. The third-order valence-corrected chi connectivity index (χ3v) is 3.89. The maximum Gasteiger partial charge on any atom is 0.168 e. The molecule has 0 unspecified atom stereocenters. The van der Waals surface area contributed by atoms with Crippen LogP contribution in [0.1, 0.15) is 22.3 Å². The molecule has 0 spiro atoms. The van der Waals surface area contributed by atoms with E-state index in [0.29, 0.717) is 4.86 Å². The van der Waals surface area contributed by atoms with Crippen molar-refractivity contribution in [3.8, 4) is 0 Å². The molecule has 0 saturated carbocycles. The van der Waals surface area contributed by atoms with Crippen molar-refractivity contribution in [1.29, 1.82) is 0 Å². The van der Waals surface area contributed by atoms with E-state index >= 15 is 0 Å². The first-order valence-corrected chi connectivity index (χ1v) is 7.26. The number of ketones is 1. The van der Waals surface area contributed by atoms with Gasteiger partial charge in [-0.05, 0) is 16.3 Å². The minimum atomic E-state index is 0.0700. The molecule has 0 N–H and O–H groups in total. The molecule has 0 saturated heterocycles. The van der Waals surface area contributed by atoms with Gasteiger partial charge < -0.3 is 0 Å². The molecule has 0 amide bonds. The molecule has 3 aromatic carbocycles. The van der Waals surface area contributed by atoms with Crippen LogP contribution < -0.4 is 0 Å². The second kappa shape index (κ2) is 5.98. The van der Waals surface area contributed by atoms with Crippen LogP contribution in [-0.2, 0) is 0 Å². The van der Waals surface area contributed by atoms with Crippen LogP contribution >= 0.6 is 12.2 Å². The van der Waals surface area contributed by atoms with Crippen LogP contribution in [0.25, 0.3) is 10.8 Å². The van der Waals surface area contributed by atoms with E-state index in [1.165, 1.54) is 0 Å². The first kappa shape index (κ1) is 13.7. The zero-order valence-corrected chi connectivity index (χ0v) is 12.3. The lowest BCUT2D eigenvalue weighted by molar-refractivity contribution is 0.100. The molecule has 0 aliphatic heterocycles. The number of carbonyl (C=O) groups is 1. The molecular formula is C19H14OS. The Morgan fingerprint density at radius 2 is 1.48 bits per heavy atom. The summed E-state index contributed by atoms with van der Waals surface area (Å²) in [6.07, 6.45) is 0.271. The lowest BCUT2D eigenvalue weighted by Gasteiger charge is -2.07. The molecule has 21 heavy (non-hydrogen) atoms. The Kier molecular flexibility index (Phi) is 3.89. The summed E-state index contributed by atoms with van der Waals surface area (Å²) in [4.78, 5) is 13.2. The van der Waals surface area contributed by atoms with Gasteiger partial charge in [0, 0.05) is 16.8 Å². The van der Waals surface area contributed by atoms with E-state index in [1.54, 1.807) is 0 Å². The fourth-order valence-corrected chi connectivity index (χ4v) is 2.70. The van der Waals surface area contributed by atoms with Crippen molar-refractivity contribution in [2.45, 2.75) is 6.42 Å². The van der Waals surface area contributed by atoms with Crippen molar-refractivity contribution in [3.05, 3.63) is 83.9 Å². The first-order valence-electron chi connectivity index (χ1n) is 6.85. The molecule has 3 aromatic rings. The van der Waals surface area contributed by atoms with Gasteiger partial charge in [-0.25, -0.2) is 0 Å². The molecule has 1 nitrogen and oxygen atoms in total. The van der Waals surface area contributed by atoms with Crippen LogP contribution in [0.4, 0.5) is 0 Å². The Morgan fingerprint density at radius 1 is 0.810 bits per heavy atom. The van der Waals surface area contributed by atoms with Crippen LogP contribution in [0.15, 0.2) is 72.8 Å². The van der Waals surface area contributed by atoms with Crippen molar-refractivity contribution >= 4 is 33.6 Å². The zero-order chi connectivity index (χ0) is 14.7. The number of hydrogen-bond acceptors (Lipinski definition) is 2. The summed E-state index contributed by atoms with van der Waals surface area (Å²) in [6, 6.07) is 23.4. The first-order chi connectivity index (χ1) is 10.3. The molecule has 0 aliphatic carbocycles. The van der Waals surface area contributed by atoms with E-state index in [1.807, 2.05) is 72.8 Å². The van der Waals surface area contributed by atoms with Crippen molar-refractivity contribution in [3.63, 3.8) is 0 Å². The normalized spacial score (nSPS) is 10.5. The lowest BCUT2D eigenvalue weighted by Crippen LogP contribution is -2.08. The fraction of sp³-hybridized carbons (Fsp3) is 0.0526. The van der Waals surface area contributed by atoms with Crippen LogP contribution in [0, 0.1) is 0 Å². The van der Waals surface area contributed by atoms with E-state index in [0.717, 1.165) is 21.9 Å². The number of carbonyl (C=O) groups excluding carboxylic acids is 1. The quantitative estimate of drug-likeness (QED) is 0.505. The highest BCUT2D eigenvalue weighted by Gasteiger charge is 2.12. The highest BCUT2D eigenvalue weighted by molar-refractivity contribution is 7.80. The smallest absolute Gasteiger partial charge is 0.168 e. The summed E-state index contributed by atoms with van der Waals surface area (Å²) >= 11 is 5.40. The molecule has 0 radical (unpaired) electrons. The minimum Gasteiger partial charge on any atom is -0.294 e. The van der Waals surface area contributed by atoms with Gasteiger partial charge in [0.1, 0.15) is 0 Å². The summed E-state index contributed by atoms with van der Waals surface area (Å²) in [5.41, 5.74) is 1.69. The van der Waals surface area contributed by atoms with Crippen molar-refractivity contribution < 1.29 is 4.79 Å². The third-order valence-electron chi connectivity index (χ3n) is 3.51. The van der Waals surface area contributed by atoms with Crippen molar-refractivity contribution in [1.82, 2.24) is 0 Å². The monoisotopic (exact) mass is 290 g/mol. The van der Waals surface area contributed by atoms with Gasteiger partial charge in [0.05, 0.1) is 0 Å². The van der Waals surface area contributed by atoms with Gasteiger partial charge >= 0.3 is 0 Å². The summed E-state index contributed by atoms with van der Waals surface area (Å²) in [6.45, 7) is 0. The molecule has 0 fully saturated rings. The Balaban J connectivity index is 1.90. The topological polar surface area (TPSA) is 17.1 Å². The number of benzene rings is 3. The van der Waals surface area contributed by atoms with Gasteiger partial charge in [0.2, 0.25) is 0 Å². The van der Waals surface area contributed by atoms with Crippen LogP contribution in [-0.4, -0.2) is 10.6 Å². The number of rotatable bonds is 4. The summed E-state index contributed by atoms with van der Waals surface area (Å²) in [7, 11) is 0. The molecule has 2 heteroatoms. The molecular weight excluding hydrogens is 276 g/mol. The molecule has 102 valence electrons. The standard InChI is InChI=1S/C19H14OS/c20-18(13-19(21)15-8-2-1-3-9-15)17-12-6-10-14-7-4-5-11-16(14)17/h1-12H,13H2. The number of thiocarbonyl (C=S) groups is 1. The van der Waals surface area contributed by atoms with E-state index in [2.05, 4.69) is 0 Å². The fourth-order valence-electron chi connectivity index (χ4n) is 2.44. The van der Waals surface area contributed by atoms with Gasteiger partial charge in [-0.3, -0.25) is 4.79 Å². The molecule has 0 aliphatic rings. The number of Topliss-reactive ketones (excluding diaryl/α,β-unsaturated/α-hetero) is 1. The molecule has 0 bridgehead atoms. The van der Waals surface area contributed by atoms with Crippen molar-refractivity contribution in [2.75, 3.05) is 0 Å². The Morgan fingerprint density at radius 3 is 2.29 bits per heavy atom. The lowest BCUT2D eigenvalue weighted by atomic mass is 9.97. The average molecular weight is 290 g/mol. The van der Waals surface area contributed by atoms with Gasteiger partial charge in [-0.1, -0.05) is 85.0 Å². The zero-order valence-electron chi connectivity index (χ0n) is 11.5. The van der Waals surface area contributed by atoms with E-state index < -0.39 is 0 Å². The Hall–Kier alpha value is -2.32. The number of hydrogen-bond donors (Lipinski definition) is 0. The van der Waals surface area contributed by atoms with E-state index in [9.17, 15) is 4.79 Å². The maximum absolute atomic E-state index is 12.6. The SMILES string of the molecule is O=C(CC(=S)c1ccccc1)c1cccc2ccccc12. The minimum absolute atomic E-state index is 0.0700. The van der Waals surface area contributed by atoms with Crippen LogP contribution in [0.5, 0.6) is 0 Å². The van der Waals surface area contributed by atoms with Gasteiger partial charge in [-0.2, -0.15) is 0 Å². The van der Waals surface area contributed by atoms with Gasteiger partial charge in [0.25, 0.3) is 0 Å². The average Bonchev–Trinajstić information content (AvgIpc) is 2.55. The predicted octanol–water partition coefficient (Wildman–Crippen LogP) is 4.83. The second-order valence-corrected chi connectivity index (χ2v) is 5.41. The van der Waals surface area contributed by atoms with Gasteiger partial charge in [0.15, 0.2) is 5.78 Å². The second-order valence-electron chi connectivity index (χ2n) is 4.92. The third kappa shape index (κ3) is 2.91. The van der Waals surface area contributed by atoms with Gasteiger partial charge in [-0.15, -0.1) is 0 Å². The summed E-state index contributed by atoms with van der Waals surface area (Å²) < 4.78 is 0. The highest BCUT2D eigenvalue weighted by Crippen LogP contribution is 2.20.